The van der Waals surface area contributed by atoms with Crippen molar-refractivity contribution in [3.8, 4) is 0 Å². The fourth-order valence-corrected chi connectivity index (χ4v) is 2.04. The molecular formula is C13H21N5. The molecule has 2 aromatic heterocycles. The fraction of sp³-hybridized carbons (Fsp3) is 0.538. The van der Waals surface area contributed by atoms with Gasteiger partial charge in [0.25, 0.3) is 0 Å². The van der Waals surface area contributed by atoms with Gasteiger partial charge in [-0.1, -0.05) is 19.8 Å². The van der Waals surface area contributed by atoms with Gasteiger partial charge in [-0.15, -0.1) is 0 Å². The molecule has 0 saturated carbocycles. The molecule has 0 aliphatic rings. The molecule has 4 N–H and O–H groups in total. The number of hydrogen-bond donors (Lipinski definition) is 3. The number of anilines is 1. The molecule has 0 fully saturated rings. The number of nitrogens with one attached hydrogen (secondary N) is 2. The van der Waals surface area contributed by atoms with Crippen LogP contribution in [0, 0.1) is 0 Å². The van der Waals surface area contributed by atoms with E-state index >= 15 is 0 Å². The minimum absolute atomic E-state index is 0.505. The summed E-state index contributed by atoms with van der Waals surface area (Å²) < 4.78 is 0. The molecule has 18 heavy (non-hydrogen) atoms. The second-order valence-corrected chi connectivity index (χ2v) is 4.72. The average Bonchev–Trinajstić information content (AvgIpc) is 2.78. The SMILES string of the molecule is CCCC[C@@H](C)NCc1c[nH]c2c(N)ncnc12. The van der Waals surface area contributed by atoms with Crippen LogP contribution < -0.4 is 11.1 Å². The molecule has 0 bridgehead atoms. The summed E-state index contributed by atoms with van der Waals surface area (Å²) in [5.74, 6) is 0.505. The van der Waals surface area contributed by atoms with Crippen molar-refractivity contribution in [2.24, 2.45) is 0 Å². The topological polar surface area (TPSA) is 79.6 Å². The standard InChI is InChI=1S/C13H21N5/c1-3-4-5-9(2)15-6-10-7-16-12-11(10)17-8-18-13(12)14/h7-9,15-16H,3-6H2,1-2H3,(H2,14,17,18)/t9-/m1/s1. The lowest BCUT2D eigenvalue weighted by atomic mass is 10.1. The van der Waals surface area contributed by atoms with Gasteiger partial charge >= 0.3 is 0 Å². The fourth-order valence-electron chi connectivity index (χ4n) is 2.04. The summed E-state index contributed by atoms with van der Waals surface area (Å²) >= 11 is 0. The summed E-state index contributed by atoms with van der Waals surface area (Å²) in [5.41, 5.74) is 8.67. The van der Waals surface area contributed by atoms with Crippen molar-refractivity contribution in [3.05, 3.63) is 18.1 Å². The molecule has 5 nitrogen and oxygen atoms in total. The minimum Gasteiger partial charge on any atom is -0.382 e. The molecule has 98 valence electrons. The lowest BCUT2D eigenvalue weighted by molar-refractivity contribution is 0.495. The molecule has 2 aromatic rings. The van der Waals surface area contributed by atoms with Gasteiger partial charge < -0.3 is 16.0 Å². The van der Waals surface area contributed by atoms with Crippen LogP contribution in [0.5, 0.6) is 0 Å². The molecule has 0 radical (unpaired) electrons. The van der Waals surface area contributed by atoms with Crippen LogP contribution in [0.1, 0.15) is 38.7 Å². The van der Waals surface area contributed by atoms with Gasteiger partial charge in [0.05, 0.1) is 5.52 Å². The first kappa shape index (κ1) is 12.8. The van der Waals surface area contributed by atoms with Crippen molar-refractivity contribution in [1.29, 1.82) is 0 Å². The van der Waals surface area contributed by atoms with Crippen LogP contribution in [0.25, 0.3) is 11.0 Å². The molecule has 0 aliphatic heterocycles. The molecule has 0 aromatic carbocycles. The van der Waals surface area contributed by atoms with E-state index in [0.29, 0.717) is 11.9 Å². The van der Waals surface area contributed by atoms with Crippen molar-refractivity contribution in [1.82, 2.24) is 20.3 Å². The average molecular weight is 247 g/mol. The number of nitrogens with two attached hydrogens (primary N) is 1. The van der Waals surface area contributed by atoms with Gasteiger partial charge in [-0.2, -0.15) is 0 Å². The van der Waals surface area contributed by atoms with E-state index in [0.717, 1.165) is 23.1 Å². The normalized spacial score (nSPS) is 13.0. The molecule has 0 unspecified atom stereocenters. The third kappa shape index (κ3) is 2.79. The number of aromatic amines is 1. The second kappa shape index (κ2) is 5.82. The third-order valence-electron chi connectivity index (χ3n) is 3.20. The number of hydrogen-bond acceptors (Lipinski definition) is 4. The highest BCUT2D eigenvalue weighted by atomic mass is 15.0. The predicted molar refractivity (Wildman–Crippen MR) is 74.1 cm³/mol. The lowest BCUT2D eigenvalue weighted by Crippen LogP contribution is -2.25. The summed E-state index contributed by atoms with van der Waals surface area (Å²) in [5, 5.41) is 3.51. The smallest absolute Gasteiger partial charge is 0.151 e. The van der Waals surface area contributed by atoms with Gasteiger partial charge in [0.1, 0.15) is 11.8 Å². The Morgan fingerprint density at radius 2 is 2.28 bits per heavy atom. The first-order valence-corrected chi connectivity index (χ1v) is 6.52. The summed E-state index contributed by atoms with van der Waals surface area (Å²) in [6.45, 7) is 5.24. The van der Waals surface area contributed by atoms with E-state index in [1.54, 1.807) is 0 Å². The summed E-state index contributed by atoms with van der Waals surface area (Å²) in [7, 11) is 0. The first-order chi connectivity index (χ1) is 8.72. The van der Waals surface area contributed by atoms with Crippen LogP contribution in [0.15, 0.2) is 12.5 Å². The highest BCUT2D eigenvalue weighted by Gasteiger charge is 2.09. The van der Waals surface area contributed by atoms with E-state index in [9.17, 15) is 0 Å². The molecule has 0 spiro atoms. The number of nitrogens with zero attached hydrogens (tertiary/aromatic N) is 2. The highest BCUT2D eigenvalue weighted by Crippen LogP contribution is 2.18. The third-order valence-corrected chi connectivity index (χ3v) is 3.20. The van der Waals surface area contributed by atoms with Gasteiger partial charge in [-0.25, -0.2) is 9.97 Å². The van der Waals surface area contributed by atoms with Gasteiger partial charge in [-0.05, 0) is 13.3 Å². The van der Waals surface area contributed by atoms with Crippen molar-refractivity contribution in [2.45, 2.75) is 45.7 Å². The van der Waals surface area contributed by atoms with Crippen LogP contribution in [0.2, 0.25) is 0 Å². The number of unbranched alkanes of at least 4 members (excludes halogenated alkanes) is 1. The van der Waals surface area contributed by atoms with E-state index in [2.05, 4.69) is 34.1 Å². The zero-order valence-corrected chi connectivity index (χ0v) is 11.0. The Bertz CT molecular complexity index is 505. The van der Waals surface area contributed by atoms with Crippen molar-refractivity contribution in [2.75, 3.05) is 5.73 Å². The maximum absolute atomic E-state index is 5.79. The zero-order chi connectivity index (χ0) is 13.0. The highest BCUT2D eigenvalue weighted by molar-refractivity contribution is 5.86. The van der Waals surface area contributed by atoms with Gasteiger partial charge in [0, 0.05) is 24.3 Å². The van der Waals surface area contributed by atoms with Crippen LogP contribution in [0.4, 0.5) is 5.82 Å². The molecular weight excluding hydrogens is 226 g/mol. The quantitative estimate of drug-likeness (QED) is 0.731. The maximum Gasteiger partial charge on any atom is 0.151 e. The van der Waals surface area contributed by atoms with E-state index in [4.69, 9.17) is 5.73 Å². The van der Waals surface area contributed by atoms with Crippen LogP contribution >= 0.6 is 0 Å². The zero-order valence-electron chi connectivity index (χ0n) is 11.0. The number of H-pyrrole nitrogens is 1. The molecule has 0 amide bonds. The Kier molecular flexibility index (Phi) is 4.15. The molecule has 1 atom stereocenters. The van der Waals surface area contributed by atoms with Gasteiger partial charge in [0.15, 0.2) is 5.82 Å². The summed E-state index contributed by atoms with van der Waals surface area (Å²) in [6, 6.07) is 0.522. The van der Waals surface area contributed by atoms with Crippen molar-refractivity contribution < 1.29 is 0 Å². The van der Waals surface area contributed by atoms with Crippen molar-refractivity contribution >= 4 is 16.9 Å². The predicted octanol–water partition coefficient (Wildman–Crippen LogP) is 2.21. The Morgan fingerprint density at radius 3 is 3.06 bits per heavy atom. The Labute approximate surface area is 107 Å². The number of nitrogen functional groups attached to an aromatic ring is 1. The maximum atomic E-state index is 5.79. The number of aromatic nitrogens is 3. The van der Waals surface area contributed by atoms with Gasteiger partial charge in [0.2, 0.25) is 0 Å². The molecule has 0 aliphatic carbocycles. The number of rotatable bonds is 6. The van der Waals surface area contributed by atoms with Crippen LogP contribution in [-0.2, 0) is 6.54 Å². The van der Waals surface area contributed by atoms with E-state index in [1.807, 2.05) is 6.20 Å². The lowest BCUT2D eigenvalue weighted by Gasteiger charge is -2.12. The summed E-state index contributed by atoms with van der Waals surface area (Å²) in [4.78, 5) is 11.4. The van der Waals surface area contributed by atoms with E-state index in [1.165, 1.54) is 25.6 Å². The first-order valence-electron chi connectivity index (χ1n) is 6.52. The number of fused-ring (bicyclic) bond motifs is 1. The Morgan fingerprint density at radius 1 is 1.44 bits per heavy atom. The van der Waals surface area contributed by atoms with Gasteiger partial charge in [-0.3, -0.25) is 0 Å². The molecule has 5 heteroatoms. The van der Waals surface area contributed by atoms with Crippen LogP contribution in [0.3, 0.4) is 0 Å². The van der Waals surface area contributed by atoms with E-state index in [-0.39, 0.29) is 0 Å². The molecule has 0 saturated heterocycles. The Balaban J connectivity index is 2.02. The molecule has 2 rings (SSSR count). The van der Waals surface area contributed by atoms with E-state index < -0.39 is 0 Å². The minimum atomic E-state index is 0.505. The largest absolute Gasteiger partial charge is 0.382 e. The monoisotopic (exact) mass is 247 g/mol. The summed E-state index contributed by atoms with van der Waals surface area (Å²) in [6.07, 6.45) is 7.17. The molecule has 2 heterocycles. The Hall–Kier alpha value is -1.62. The van der Waals surface area contributed by atoms with Crippen molar-refractivity contribution in [3.63, 3.8) is 0 Å². The second-order valence-electron chi connectivity index (χ2n) is 4.72. The van der Waals surface area contributed by atoms with Crippen LogP contribution in [-0.4, -0.2) is 21.0 Å².